The van der Waals surface area contributed by atoms with E-state index in [0.717, 1.165) is 6.42 Å². The Hall–Kier alpha value is -0.820. The van der Waals surface area contributed by atoms with Crippen LogP contribution in [-0.2, 0) is 5.41 Å². The van der Waals surface area contributed by atoms with Crippen molar-refractivity contribution in [1.29, 1.82) is 0 Å². The lowest BCUT2D eigenvalue weighted by molar-refractivity contribution is 0.153. The minimum atomic E-state index is -0.142. The van der Waals surface area contributed by atoms with E-state index >= 15 is 0 Å². The molecule has 22 heavy (non-hydrogen) atoms. The average molecular weight is 303 g/mol. The van der Waals surface area contributed by atoms with Gasteiger partial charge in [-0.1, -0.05) is 77.6 Å². The Balaban J connectivity index is 2.04. The van der Waals surface area contributed by atoms with Gasteiger partial charge in [0.25, 0.3) is 0 Å². The van der Waals surface area contributed by atoms with Gasteiger partial charge in [0.2, 0.25) is 0 Å². The van der Waals surface area contributed by atoms with Crippen molar-refractivity contribution in [3.05, 3.63) is 35.4 Å². The van der Waals surface area contributed by atoms with Crippen LogP contribution in [0, 0.1) is 5.92 Å². The summed E-state index contributed by atoms with van der Waals surface area (Å²) in [6.45, 7) is 9.02. The van der Waals surface area contributed by atoms with E-state index in [1.165, 1.54) is 49.7 Å². The average Bonchev–Trinajstić information content (AvgIpc) is 2.84. The predicted molar refractivity (Wildman–Crippen MR) is 95.4 cm³/mol. The Morgan fingerprint density at radius 1 is 1.00 bits per heavy atom. The molecule has 1 aromatic carbocycles. The third-order valence-electron chi connectivity index (χ3n) is 5.35. The van der Waals surface area contributed by atoms with Crippen LogP contribution in [0.3, 0.4) is 0 Å². The smallest absolute Gasteiger partial charge is 0.0611 e. The Bertz CT molecular complexity index is 440. The number of rotatable bonds is 6. The summed E-state index contributed by atoms with van der Waals surface area (Å²) in [4.78, 5) is 0. The molecule has 1 aliphatic rings. The molecule has 0 aliphatic heterocycles. The van der Waals surface area contributed by atoms with Crippen LogP contribution in [0.5, 0.6) is 0 Å². The largest absolute Gasteiger partial charge is 0.392 e. The molecular formula is C21H34O. The molecule has 1 heteroatoms. The Labute approximate surface area is 137 Å². The summed E-state index contributed by atoms with van der Waals surface area (Å²) in [5, 5.41) is 10.4. The fourth-order valence-electron chi connectivity index (χ4n) is 3.91. The van der Waals surface area contributed by atoms with E-state index in [4.69, 9.17) is 0 Å². The van der Waals surface area contributed by atoms with Gasteiger partial charge in [0.1, 0.15) is 0 Å². The van der Waals surface area contributed by atoms with Crippen LogP contribution < -0.4 is 0 Å². The highest BCUT2D eigenvalue weighted by atomic mass is 16.3. The van der Waals surface area contributed by atoms with Crippen LogP contribution in [0.1, 0.15) is 89.7 Å². The zero-order valence-corrected chi connectivity index (χ0v) is 14.9. The van der Waals surface area contributed by atoms with E-state index < -0.39 is 0 Å². The molecule has 0 heterocycles. The number of aliphatic hydroxyl groups excluding tert-OH is 1. The molecule has 1 aromatic rings. The Kier molecular flexibility index (Phi) is 6.09. The van der Waals surface area contributed by atoms with Crippen molar-refractivity contribution in [3.63, 3.8) is 0 Å². The van der Waals surface area contributed by atoms with Gasteiger partial charge < -0.3 is 5.11 Å². The summed E-state index contributed by atoms with van der Waals surface area (Å²) in [7, 11) is 0. The molecule has 2 rings (SSSR count). The Morgan fingerprint density at radius 3 is 2.27 bits per heavy atom. The normalized spacial score (nSPS) is 25.6. The van der Waals surface area contributed by atoms with Crippen molar-refractivity contribution in [1.82, 2.24) is 0 Å². The molecule has 0 amide bonds. The number of hydrogen-bond acceptors (Lipinski definition) is 1. The lowest BCUT2D eigenvalue weighted by Gasteiger charge is -2.25. The first-order valence-corrected chi connectivity index (χ1v) is 9.22. The molecule has 124 valence electrons. The van der Waals surface area contributed by atoms with Gasteiger partial charge in [0.05, 0.1) is 6.10 Å². The van der Waals surface area contributed by atoms with Crippen LogP contribution in [0.2, 0.25) is 0 Å². The van der Waals surface area contributed by atoms with Gasteiger partial charge in [-0.25, -0.2) is 0 Å². The monoisotopic (exact) mass is 302 g/mol. The Morgan fingerprint density at radius 2 is 1.68 bits per heavy atom. The molecule has 1 N–H and O–H groups in total. The zero-order chi connectivity index (χ0) is 16.2. The van der Waals surface area contributed by atoms with Crippen LogP contribution in [0.4, 0.5) is 0 Å². The number of unbranched alkanes of at least 4 members (excludes halogenated alkanes) is 3. The summed E-state index contributed by atoms with van der Waals surface area (Å²) in [6.07, 6.45) is 8.62. The van der Waals surface area contributed by atoms with E-state index in [9.17, 15) is 5.11 Å². The number of aliphatic hydroxyl groups is 1. The summed E-state index contributed by atoms with van der Waals surface area (Å²) < 4.78 is 0. The fourth-order valence-corrected chi connectivity index (χ4v) is 3.91. The summed E-state index contributed by atoms with van der Waals surface area (Å²) in [5.74, 6) is 1.03. The maximum atomic E-state index is 10.4. The third kappa shape index (κ3) is 4.35. The van der Waals surface area contributed by atoms with Gasteiger partial charge in [-0.2, -0.15) is 0 Å². The summed E-state index contributed by atoms with van der Waals surface area (Å²) in [5.41, 5.74) is 2.92. The summed E-state index contributed by atoms with van der Waals surface area (Å²) in [6, 6.07) is 9.04. The fraction of sp³-hybridized carbons (Fsp3) is 0.714. The van der Waals surface area contributed by atoms with Crippen LogP contribution >= 0.6 is 0 Å². The first-order valence-electron chi connectivity index (χ1n) is 9.22. The van der Waals surface area contributed by atoms with E-state index in [1.807, 2.05) is 0 Å². The molecule has 3 atom stereocenters. The van der Waals surface area contributed by atoms with Crippen LogP contribution in [0.15, 0.2) is 24.3 Å². The SMILES string of the molecule is CCCCCC[C@H]1CC[C@@H](O)[C@@H]1c1ccc(C(C)(C)C)cc1. The second-order valence-corrected chi connectivity index (χ2v) is 8.15. The summed E-state index contributed by atoms with van der Waals surface area (Å²) >= 11 is 0. The topological polar surface area (TPSA) is 20.2 Å². The van der Waals surface area contributed by atoms with Gasteiger partial charge >= 0.3 is 0 Å². The van der Waals surface area contributed by atoms with Gasteiger partial charge in [-0.3, -0.25) is 0 Å². The van der Waals surface area contributed by atoms with Crippen LogP contribution in [-0.4, -0.2) is 11.2 Å². The van der Waals surface area contributed by atoms with Crippen molar-refractivity contribution < 1.29 is 5.11 Å². The second kappa shape index (κ2) is 7.64. The van der Waals surface area contributed by atoms with Gasteiger partial charge in [0.15, 0.2) is 0 Å². The molecule has 0 spiro atoms. The van der Waals surface area contributed by atoms with Crippen molar-refractivity contribution in [2.75, 3.05) is 0 Å². The molecular weight excluding hydrogens is 268 g/mol. The second-order valence-electron chi connectivity index (χ2n) is 8.15. The van der Waals surface area contributed by atoms with Crippen molar-refractivity contribution in [2.45, 2.75) is 90.1 Å². The standard InChI is InChI=1S/C21H34O/c1-5-6-7-8-9-16-12-15-19(22)20(16)17-10-13-18(14-11-17)21(2,3)4/h10-11,13-14,16,19-20,22H,5-9,12,15H2,1-4H3/t16-,19+,20-/m0/s1. The quantitative estimate of drug-likeness (QED) is 0.657. The van der Waals surface area contributed by atoms with Gasteiger partial charge in [-0.15, -0.1) is 0 Å². The van der Waals surface area contributed by atoms with E-state index in [1.54, 1.807) is 0 Å². The molecule has 1 aliphatic carbocycles. The minimum absolute atomic E-state index is 0.142. The number of benzene rings is 1. The van der Waals surface area contributed by atoms with E-state index in [2.05, 4.69) is 52.0 Å². The third-order valence-corrected chi connectivity index (χ3v) is 5.35. The van der Waals surface area contributed by atoms with Crippen molar-refractivity contribution in [3.8, 4) is 0 Å². The van der Waals surface area contributed by atoms with E-state index in [0.29, 0.717) is 11.8 Å². The van der Waals surface area contributed by atoms with Gasteiger partial charge in [0, 0.05) is 5.92 Å². The molecule has 0 radical (unpaired) electrons. The highest BCUT2D eigenvalue weighted by molar-refractivity contribution is 5.31. The maximum absolute atomic E-state index is 10.4. The minimum Gasteiger partial charge on any atom is -0.392 e. The first kappa shape index (κ1) is 17.5. The molecule has 0 unspecified atom stereocenters. The van der Waals surface area contributed by atoms with Gasteiger partial charge in [-0.05, 0) is 41.7 Å². The highest BCUT2D eigenvalue weighted by Crippen LogP contribution is 2.43. The predicted octanol–water partition coefficient (Wildman–Crippen LogP) is 5.81. The number of hydrogen-bond donors (Lipinski definition) is 1. The molecule has 1 fully saturated rings. The van der Waals surface area contributed by atoms with E-state index in [-0.39, 0.29) is 11.5 Å². The van der Waals surface area contributed by atoms with Crippen LogP contribution in [0.25, 0.3) is 0 Å². The molecule has 0 bridgehead atoms. The lowest BCUT2D eigenvalue weighted by atomic mass is 9.81. The first-order chi connectivity index (χ1) is 10.4. The molecule has 1 nitrogen and oxygen atoms in total. The molecule has 0 saturated heterocycles. The lowest BCUT2D eigenvalue weighted by Crippen LogP contribution is -2.18. The van der Waals surface area contributed by atoms with Crippen molar-refractivity contribution in [2.24, 2.45) is 5.92 Å². The highest BCUT2D eigenvalue weighted by Gasteiger charge is 2.35. The molecule has 1 saturated carbocycles. The zero-order valence-electron chi connectivity index (χ0n) is 14.9. The maximum Gasteiger partial charge on any atom is 0.0611 e. The van der Waals surface area contributed by atoms with Crippen molar-refractivity contribution >= 4 is 0 Å². The molecule has 0 aromatic heterocycles.